The van der Waals surface area contributed by atoms with E-state index in [1.807, 2.05) is 13.8 Å². The van der Waals surface area contributed by atoms with Gasteiger partial charge in [-0.25, -0.2) is 9.37 Å². The number of hydrogen-bond acceptors (Lipinski definition) is 8. The lowest BCUT2D eigenvalue weighted by atomic mass is 10.3. The lowest BCUT2D eigenvalue weighted by Crippen LogP contribution is -2.05. The van der Waals surface area contributed by atoms with Gasteiger partial charge in [-0.1, -0.05) is 13.8 Å². The molecular weight excluding hydrogens is 405 g/mol. The van der Waals surface area contributed by atoms with Gasteiger partial charge in [0.15, 0.2) is 11.6 Å². The summed E-state index contributed by atoms with van der Waals surface area (Å²) in [6.45, 7) is 4.94. The van der Waals surface area contributed by atoms with Gasteiger partial charge in [-0.05, 0) is 36.4 Å². The van der Waals surface area contributed by atoms with Crippen molar-refractivity contribution >= 4 is 28.8 Å². The monoisotopic (exact) mass is 429 g/mol. The number of methoxy groups -OCH3 is 1. The first-order valence-electron chi connectivity index (χ1n) is 9.58. The number of nitrogens with zero attached hydrogens (tertiary/aromatic N) is 3. The van der Waals surface area contributed by atoms with Gasteiger partial charge in [0.2, 0.25) is 5.95 Å². The lowest BCUT2D eigenvalue weighted by molar-refractivity contribution is -0.384. The van der Waals surface area contributed by atoms with Gasteiger partial charge < -0.3 is 20.1 Å². The Bertz CT molecular complexity index is 969. The van der Waals surface area contributed by atoms with E-state index in [2.05, 4.69) is 20.6 Å². The topological polar surface area (TPSA) is 111 Å². The van der Waals surface area contributed by atoms with Crippen LogP contribution in [0.2, 0.25) is 0 Å². The molecule has 0 aliphatic heterocycles. The van der Waals surface area contributed by atoms with E-state index in [-0.39, 0.29) is 17.5 Å². The molecule has 0 bridgehead atoms. The highest BCUT2D eigenvalue weighted by Gasteiger charge is 2.10. The molecule has 0 atom stereocenters. The van der Waals surface area contributed by atoms with E-state index in [4.69, 9.17) is 9.47 Å². The summed E-state index contributed by atoms with van der Waals surface area (Å²) in [5, 5.41) is 16.5. The molecule has 3 aromatic rings. The molecule has 2 aromatic carbocycles. The maximum atomic E-state index is 14.1. The first kappa shape index (κ1) is 23.5. The molecule has 0 radical (unpaired) electrons. The van der Waals surface area contributed by atoms with Crippen LogP contribution >= 0.6 is 0 Å². The largest absolute Gasteiger partial charge is 0.491 e. The van der Waals surface area contributed by atoms with Gasteiger partial charge in [0.05, 0.1) is 17.7 Å². The number of hydrogen-bond donors (Lipinski definition) is 2. The molecule has 0 fully saturated rings. The Labute approximate surface area is 179 Å². The smallest absolute Gasteiger partial charge is 0.269 e. The zero-order chi connectivity index (χ0) is 22.6. The molecule has 3 rings (SSSR count). The van der Waals surface area contributed by atoms with E-state index in [0.717, 1.165) is 6.20 Å². The number of non-ortho nitro benzene ring substituents is 1. The number of halogens is 1. The molecule has 0 spiro atoms. The van der Waals surface area contributed by atoms with Crippen molar-refractivity contribution in [2.45, 2.75) is 13.8 Å². The molecule has 0 aliphatic rings. The summed E-state index contributed by atoms with van der Waals surface area (Å²) in [4.78, 5) is 18.2. The van der Waals surface area contributed by atoms with Gasteiger partial charge in [-0.3, -0.25) is 10.1 Å². The van der Waals surface area contributed by atoms with Crippen molar-refractivity contribution in [3.8, 4) is 5.75 Å². The van der Waals surface area contributed by atoms with E-state index < -0.39 is 10.7 Å². The van der Waals surface area contributed by atoms with Crippen molar-refractivity contribution < 1.29 is 18.8 Å². The summed E-state index contributed by atoms with van der Waals surface area (Å²) in [7, 11) is 1.60. The molecular formula is C21H24FN5O4. The van der Waals surface area contributed by atoms with Gasteiger partial charge >= 0.3 is 0 Å². The van der Waals surface area contributed by atoms with Crippen LogP contribution in [0.1, 0.15) is 13.8 Å². The number of benzene rings is 2. The molecule has 164 valence electrons. The Morgan fingerprint density at radius 1 is 1.00 bits per heavy atom. The SMILES string of the molecule is CC.COCCOc1ccc(Nc2ncc(F)c(Nc3ccc([N+](=O)[O-])cc3)n2)cc1. The maximum Gasteiger partial charge on any atom is 0.269 e. The first-order valence-corrected chi connectivity index (χ1v) is 9.58. The summed E-state index contributed by atoms with van der Waals surface area (Å²) in [6.07, 6.45) is 1.03. The second-order valence-electron chi connectivity index (χ2n) is 5.81. The fourth-order valence-electron chi connectivity index (χ4n) is 2.32. The van der Waals surface area contributed by atoms with E-state index in [0.29, 0.717) is 30.3 Å². The highest BCUT2D eigenvalue weighted by Crippen LogP contribution is 2.23. The van der Waals surface area contributed by atoms with Crippen LogP contribution < -0.4 is 15.4 Å². The number of ether oxygens (including phenoxy) is 2. The summed E-state index contributed by atoms with van der Waals surface area (Å²) >= 11 is 0. The lowest BCUT2D eigenvalue weighted by Gasteiger charge is -2.10. The molecule has 0 saturated heterocycles. The number of aromatic nitrogens is 2. The number of anilines is 4. The molecule has 1 aromatic heterocycles. The zero-order valence-electron chi connectivity index (χ0n) is 17.5. The van der Waals surface area contributed by atoms with Gasteiger partial charge in [0.25, 0.3) is 5.69 Å². The minimum absolute atomic E-state index is 0.0594. The van der Waals surface area contributed by atoms with Crippen LogP contribution in [-0.2, 0) is 4.74 Å². The standard InChI is InChI=1S/C19H18FN5O4.C2H6/c1-28-10-11-29-16-8-4-14(5-9-16)23-19-21-12-17(20)18(24-19)22-13-2-6-15(7-3-13)25(26)27;1-2/h2-9,12H,10-11H2,1H3,(H2,21,22,23,24);1-2H3. The molecule has 9 nitrogen and oxygen atoms in total. The van der Waals surface area contributed by atoms with Crippen molar-refractivity contribution in [1.82, 2.24) is 9.97 Å². The fraction of sp³-hybridized carbons (Fsp3) is 0.238. The molecule has 0 saturated carbocycles. The summed E-state index contributed by atoms with van der Waals surface area (Å²) < 4.78 is 24.5. The van der Waals surface area contributed by atoms with E-state index >= 15 is 0 Å². The molecule has 0 amide bonds. The normalized spacial score (nSPS) is 9.94. The van der Waals surface area contributed by atoms with Crippen molar-refractivity contribution in [2.75, 3.05) is 31.0 Å². The molecule has 2 N–H and O–H groups in total. The van der Waals surface area contributed by atoms with Crippen LogP contribution in [0.4, 0.5) is 33.2 Å². The Kier molecular flexibility index (Phi) is 9.12. The fourth-order valence-corrected chi connectivity index (χ4v) is 2.32. The van der Waals surface area contributed by atoms with Crippen LogP contribution in [-0.4, -0.2) is 35.2 Å². The average molecular weight is 429 g/mol. The van der Waals surface area contributed by atoms with Crippen molar-refractivity contribution in [1.29, 1.82) is 0 Å². The number of nitro benzene ring substituents is 1. The minimum atomic E-state index is -0.657. The Hall–Kier alpha value is -3.79. The van der Waals surface area contributed by atoms with Crippen LogP contribution in [0.5, 0.6) is 5.75 Å². The Morgan fingerprint density at radius 2 is 1.61 bits per heavy atom. The Balaban J connectivity index is 0.00000166. The maximum absolute atomic E-state index is 14.1. The third-order valence-electron chi connectivity index (χ3n) is 3.75. The summed E-state index contributed by atoms with van der Waals surface area (Å²) in [5.74, 6) is 0.156. The predicted molar refractivity (Wildman–Crippen MR) is 117 cm³/mol. The molecule has 0 unspecified atom stereocenters. The van der Waals surface area contributed by atoms with Crippen LogP contribution in [0.3, 0.4) is 0 Å². The quantitative estimate of drug-likeness (QED) is 0.276. The van der Waals surface area contributed by atoms with E-state index in [1.54, 1.807) is 31.4 Å². The zero-order valence-corrected chi connectivity index (χ0v) is 17.5. The third kappa shape index (κ3) is 7.19. The van der Waals surface area contributed by atoms with Crippen molar-refractivity contribution in [2.24, 2.45) is 0 Å². The molecule has 31 heavy (non-hydrogen) atoms. The first-order chi connectivity index (χ1) is 15.0. The van der Waals surface area contributed by atoms with Gasteiger partial charge in [-0.15, -0.1) is 0 Å². The number of rotatable bonds is 9. The molecule has 0 aliphatic carbocycles. The summed E-state index contributed by atoms with van der Waals surface area (Å²) in [5.41, 5.74) is 1.09. The Morgan fingerprint density at radius 3 is 2.23 bits per heavy atom. The van der Waals surface area contributed by atoms with Gasteiger partial charge in [-0.2, -0.15) is 4.98 Å². The average Bonchev–Trinajstić information content (AvgIpc) is 2.79. The third-order valence-corrected chi connectivity index (χ3v) is 3.75. The van der Waals surface area contributed by atoms with Gasteiger partial charge in [0, 0.05) is 30.6 Å². The second-order valence-corrected chi connectivity index (χ2v) is 5.81. The van der Waals surface area contributed by atoms with E-state index in [9.17, 15) is 14.5 Å². The van der Waals surface area contributed by atoms with E-state index in [1.165, 1.54) is 24.3 Å². The minimum Gasteiger partial charge on any atom is -0.491 e. The van der Waals surface area contributed by atoms with Crippen LogP contribution in [0.25, 0.3) is 0 Å². The highest BCUT2D eigenvalue weighted by molar-refractivity contribution is 5.61. The van der Waals surface area contributed by atoms with Gasteiger partial charge in [0.1, 0.15) is 12.4 Å². The number of nitro groups is 1. The summed E-state index contributed by atoms with van der Waals surface area (Å²) in [6, 6.07) is 12.7. The highest BCUT2D eigenvalue weighted by atomic mass is 19.1. The van der Waals surface area contributed by atoms with Crippen molar-refractivity contribution in [3.63, 3.8) is 0 Å². The van der Waals surface area contributed by atoms with Crippen molar-refractivity contribution in [3.05, 3.63) is 70.7 Å². The second kappa shape index (κ2) is 12.0. The molecule has 1 heterocycles. The van der Waals surface area contributed by atoms with Crippen LogP contribution in [0, 0.1) is 15.9 Å². The van der Waals surface area contributed by atoms with Crippen LogP contribution in [0.15, 0.2) is 54.7 Å². The number of nitrogens with one attached hydrogen (secondary N) is 2. The molecule has 10 heteroatoms. The predicted octanol–water partition coefficient (Wildman–Crippen LogP) is 5.06.